The zero-order chi connectivity index (χ0) is 17.5. The van der Waals surface area contributed by atoms with Gasteiger partial charge in [0.2, 0.25) is 0 Å². The molecule has 2 aliphatic heterocycles. The molecule has 2 fully saturated rings. The maximum Gasteiger partial charge on any atom is 0.127 e. The van der Waals surface area contributed by atoms with Crippen LogP contribution in [-0.2, 0) is 11.3 Å². The van der Waals surface area contributed by atoms with Crippen LogP contribution in [0.15, 0.2) is 18.2 Å². The third-order valence-corrected chi connectivity index (χ3v) is 5.71. The third-order valence-electron chi connectivity index (χ3n) is 5.71. The predicted molar refractivity (Wildman–Crippen MR) is 99.5 cm³/mol. The van der Waals surface area contributed by atoms with E-state index in [4.69, 9.17) is 14.2 Å². The van der Waals surface area contributed by atoms with Gasteiger partial charge in [0.05, 0.1) is 14.2 Å². The van der Waals surface area contributed by atoms with Crippen molar-refractivity contribution < 1.29 is 14.2 Å². The summed E-state index contributed by atoms with van der Waals surface area (Å²) in [5.74, 6) is 1.71. The Morgan fingerprint density at radius 3 is 2.52 bits per heavy atom. The zero-order valence-corrected chi connectivity index (χ0v) is 15.7. The Hall–Kier alpha value is -1.30. The smallest absolute Gasteiger partial charge is 0.127 e. The van der Waals surface area contributed by atoms with E-state index in [1.54, 1.807) is 14.2 Å². The van der Waals surface area contributed by atoms with E-state index < -0.39 is 0 Å². The molecule has 0 aliphatic carbocycles. The third kappa shape index (κ3) is 4.46. The van der Waals surface area contributed by atoms with Gasteiger partial charge in [0.15, 0.2) is 0 Å². The Kier molecular flexibility index (Phi) is 6.57. The van der Waals surface area contributed by atoms with Crippen LogP contribution in [0.2, 0.25) is 0 Å². The Morgan fingerprint density at radius 2 is 1.84 bits per heavy atom. The standard InChI is InChI=1S/C20H32N2O3/c1-23-18-7-6-17(19(14-18)24-2)15-21-16-20(8-12-25-13-9-20)22-10-4-3-5-11-22/h6-7,14,21H,3-5,8-13,15-16H2,1-2H3. The van der Waals surface area contributed by atoms with Gasteiger partial charge in [-0.25, -0.2) is 0 Å². The van der Waals surface area contributed by atoms with Gasteiger partial charge in [-0.15, -0.1) is 0 Å². The molecule has 0 amide bonds. The van der Waals surface area contributed by atoms with Gasteiger partial charge >= 0.3 is 0 Å². The lowest BCUT2D eigenvalue weighted by Crippen LogP contribution is -2.59. The highest BCUT2D eigenvalue weighted by atomic mass is 16.5. The molecule has 2 saturated heterocycles. The number of nitrogens with zero attached hydrogens (tertiary/aromatic N) is 1. The lowest BCUT2D eigenvalue weighted by molar-refractivity contribution is -0.0358. The Bertz CT molecular complexity index is 538. The molecule has 1 N–H and O–H groups in total. The number of benzene rings is 1. The van der Waals surface area contributed by atoms with Gasteiger partial charge in [0, 0.05) is 43.5 Å². The van der Waals surface area contributed by atoms with Crippen LogP contribution < -0.4 is 14.8 Å². The van der Waals surface area contributed by atoms with Gasteiger partial charge in [-0.05, 0) is 44.8 Å². The fourth-order valence-corrected chi connectivity index (χ4v) is 4.15. The van der Waals surface area contributed by atoms with Gasteiger partial charge < -0.3 is 19.5 Å². The van der Waals surface area contributed by atoms with Crippen LogP contribution in [-0.4, -0.2) is 57.5 Å². The van der Waals surface area contributed by atoms with Crippen molar-refractivity contribution in [1.82, 2.24) is 10.2 Å². The number of hydrogen-bond acceptors (Lipinski definition) is 5. The average Bonchev–Trinajstić information content (AvgIpc) is 2.69. The van der Waals surface area contributed by atoms with Crippen molar-refractivity contribution in [3.8, 4) is 11.5 Å². The van der Waals surface area contributed by atoms with E-state index in [1.807, 2.05) is 12.1 Å². The van der Waals surface area contributed by atoms with Crippen LogP contribution in [0.25, 0.3) is 0 Å². The molecule has 25 heavy (non-hydrogen) atoms. The molecule has 0 radical (unpaired) electrons. The van der Waals surface area contributed by atoms with Crippen LogP contribution in [0.1, 0.15) is 37.7 Å². The van der Waals surface area contributed by atoms with E-state index in [0.29, 0.717) is 0 Å². The second-order valence-corrected chi connectivity index (χ2v) is 7.17. The molecule has 0 spiro atoms. The SMILES string of the molecule is COc1ccc(CNCC2(N3CCCCC3)CCOCC2)c(OC)c1. The fourth-order valence-electron chi connectivity index (χ4n) is 4.15. The van der Waals surface area contributed by atoms with Crippen molar-refractivity contribution >= 4 is 0 Å². The first-order valence-electron chi connectivity index (χ1n) is 9.52. The summed E-state index contributed by atoms with van der Waals surface area (Å²) in [7, 11) is 3.40. The highest BCUT2D eigenvalue weighted by molar-refractivity contribution is 5.40. The van der Waals surface area contributed by atoms with Crippen LogP contribution in [0.5, 0.6) is 11.5 Å². The number of methoxy groups -OCH3 is 2. The molecule has 3 rings (SSSR count). The number of piperidine rings is 1. The molecule has 1 aromatic carbocycles. The van der Waals surface area contributed by atoms with E-state index in [-0.39, 0.29) is 5.54 Å². The first kappa shape index (κ1) is 18.5. The predicted octanol–water partition coefficient (Wildman–Crippen LogP) is 2.83. The van der Waals surface area contributed by atoms with Crippen molar-refractivity contribution in [2.45, 2.75) is 44.2 Å². The summed E-state index contributed by atoms with van der Waals surface area (Å²) in [6.07, 6.45) is 6.28. The molecule has 5 heteroatoms. The summed E-state index contributed by atoms with van der Waals surface area (Å²) < 4.78 is 16.5. The Balaban J connectivity index is 1.63. The highest BCUT2D eigenvalue weighted by Gasteiger charge is 2.38. The van der Waals surface area contributed by atoms with Crippen molar-refractivity contribution in [3.05, 3.63) is 23.8 Å². The average molecular weight is 348 g/mol. The number of ether oxygens (including phenoxy) is 3. The molecular formula is C20H32N2O3. The van der Waals surface area contributed by atoms with Gasteiger partial charge in [-0.1, -0.05) is 12.5 Å². The minimum absolute atomic E-state index is 0.248. The highest BCUT2D eigenvalue weighted by Crippen LogP contribution is 2.31. The molecule has 0 bridgehead atoms. The molecule has 0 atom stereocenters. The molecule has 0 aromatic heterocycles. The van der Waals surface area contributed by atoms with Crippen LogP contribution in [0.3, 0.4) is 0 Å². The van der Waals surface area contributed by atoms with Crippen molar-refractivity contribution in [3.63, 3.8) is 0 Å². The van der Waals surface area contributed by atoms with E-state index in [2.05, 4.69) is 16.3 Å². The van der Waals surface area contributed by atoms with Crippen molar-refractivity contribution in [2.75, 3.05) is 47.1 Å². The summed E-state index contributed by atoms with van der Waals surface area (Å²) in [6.45, 7) is 6.03. The number of rotatable bonds is 7. The molecular weight excluding hydrogens is 316 g/mol. The van der Waals surface area contributed by atoms with E-state index in [9.17, 15) is 0 Å². The first-order valence-corrected chi connectivity index (χ1v) is 9.52. The molecule has 140 valence electrons. The zero-order valence-electron chi connectivity index (χ0n) is 15.7. The van der Waals surface area contributed by atoms with Gasteiger partial charge in [-0.3, -0.25) is 4.90 Å². The summed E-state index contributed by atoms with van der Waals surface area (Å²) in [6, 6.07) is 6.03. The molecule has 2 heterocycles. The normalized spacial score (nSPS) is 21.0. The van der Waals surface area contributed by atoms with Gasteiger partial charge in [-0.2, -0.15) is 0 Å². The van der Waals surface area contributed by atoms with Crippen LogP contribution in [0.4, 0.5) is 0 Å². The number of nitrogens with one attached hydrogen (secondary N) is 1. The van der Waals surface area contributed by atoms with E-state index >= 15 is 0 Å². The first-order chi connectivity index (χ1) is 12.3. The molecule has 0 unspecified atom stereocenters. The van der Waals surface area contributed by atoms with Gasteiger partial charge in [0.25, 0.3) is 0 Å². The molecule has 5 nitrogen and oxygen atoms in total. The lowest BCUT2D eigenvalue weighted by atomic mass is 9.86. The monoisotopic (exact) mass is 348 g/mol. The van der Waals surface area contributed by atoms with E-state index in [0.717, 1.165) is 50.6 Å². The van der Waals surface area contributed by atoms with Crippen LogP contribution >= 0.6 is 0 Å². The fraction of sp³-hybridized carbons (Fsp3) is 0.700. The summed E-state index contributed by atoms with van der Waals surface area (Å²) in [4.78, 5) is 2.72. The maximum absolute atomic E-state index is 5.65. The summed E-state index contributed by atoms with van der Waals surface area (Å²) in [5, 5.41) is 3.70. The van der Waals surface area contributed by atoms with E-state index in [1.165, 1.54) is 37.9 Å². The van der Waals surface area contributed by atoms with Crippen LogP contribution in [0, 0.1) is 0 Å². The topological polar surface area (TPSA) is 43.0 Å². The molecule has 2 aliphatic rings. The second-order valence-electron chi connectivity index (χ2n) is 7.17. The second kappa shape index (κ2) is 8.88. The Labute approximate surface area is 151 Å². The summed E-state index contributed by atoms with van der Waals surface area (Å²) >= 11 is 0. The Morgan fingerprint density at radius 1 is 1.08 bits per heavy atom. The summed E-state index contributed by atoms with van der Waals surface area (Å²) in [5.41, 5.74) is 1.42. The number of hydrogen-bond donors (Lipinski definition) is 1. The van der Waals surface area contributed by atoms with Gasteiger partial charge in [0.1, 0.15) is 11.5 Å². The minimum Gasteiger partial charge on any atom is -0.497 e. The molecule has 0 saturated carbocycles. The maximum atomic E-state index is 5.65. The number of likely N-dealkylation sites (tertiary alicyclic amines) is 1. The quantitative estimate of drug-likeness (QED) is 0.821. The largest absolute Gasteiger partial charge is 0.497 e. The molecule has 1 aromatic rings. The van der Waals surface area contributed by atoms with Crippen molar-refractivity contribution in [1.29, 1.82) is 0 Å². The minimum atomic E-state index is 0.248. The van der Waals surface area contributed by atoms with Crippen molar-refractivity contribution in [2.24, 2.45) is 0 Å². The lowest BCUT2D eigenvalue weighted by Gasteiger charge is -2.48.